The van der Waals surface area contributed by atoms with E-state index in [1.54, 1.807) is 0 Å². The Morgan fingerprint density at radius 3 is 1.72 bits per heavy atom. The Kier molecular flexibility index (Phi) is 27.2. The van der Waals surface area contributed by atoms with Crippen LogP contribution < -0.4 is 0 Å². The van der Waals surface area contributed by atoms with Gasteiger partial charge in [-0.25, -0.2) is 0 Å². The summed E-state index contributed by atoms with van der Waals surface area (Å²) in [6.45, 7) is 3.34. The third kappa shape index (κ3) is 21.9. The molecule has 0 spiro atoms. The zero-order valence-electron chi connectivity index (χ0n) is 29.5. The molecular formula is C37H68O10. The summed E-state index contributed by atoms with van der Waals surface area (Å²) < 4.78 is 22.0. The van der Waals surface area contributed by atoms with Crippen LogP contribution in [0.2, 0.25) is 0 Å². The fraction of sp³-hybridized carbons (Fsp3) is 0.892. The topological polar surface area (TPSA) is 152 Å². The number of aliphatic hydroxyl groups is 4. The van der Waals surface area contributed by atoms with Crippen LogP contribution in [0.4, 0.5) is 0 Å². The van der Waals surface area contributed by atoms with Crippen LogP contribution in [0.15, 0.2) is 12.2 Å². The van der Waals surface area contributed by atoms with Crippen molar-refractivity contribution < 1.29 is 49.0 Å². The van der Waals surface area contributed by atoms with Gasteiger partial charge in [0.2, 0.25) is 0 Å². The number of unbranched alkanes of at least 4 members (excludes halogenated alkanes) is 17. The number of aliphatic hydroxyl groups excluding tert-OH is 4. The van der Waals surface area contributed by atoms with E-state index in [1.807, 2.05) is 0 Å². The Bertz CT molecular complexity index is 789. The molecule has 276 valence electrons. The van der Waals surface area contributed by atoms with Crippen molar-refractivity contribution in [3.8, 4) is 0 Å². The maximum absolute atomic E-state index is 12.6. The highest BCUT2D eigenvalue weighted by atomic mass is 16.7. The SMILES string of the molecule is CCCC/C=C/CCCCCCCC(=O)OC[C@H](CO[C@@H]1O[C@H](CO)[C@H](O)C(O)C1O)OC(=O)CCCCCCCCCCCCC. The van der Waals surface area contributed by atoms with Crippen LogP contribution in [0.1, 0.15) is 155 Å². The molecule has 1 saturated heterocycles. The predicted molar refractivity (Wildman–Crippen MR) is 183 cm³/mol. The zero-order chi connectivity index (χ0) is 34.5. The summed E-state index contributed by atoms with van der Waals surface area (Å²) in [5, 5.41) is 39.8. The fourth-order valence-electron chi connectivity index (χ4n) is 5.58. The minimum atomic E-state index is -1.59. The van der Waals surface area contributed by atoms with Crippen LogP contribution in [0.25, 0.3) is 0 Å². The van der Waals surface area contributed by atoms with Crippen LogP contribution in [0.3, 0.4) is 0 Å². The first-order valence-corrected chi connectivity index (χ1v) is 18.8. The summed E-state index contributed by atoms with van der Waals surface area (Å²) in [5.74, 6) is -0.817. The highest BCUT2D eigenvalue weighted by Gasteiger charge is 2.44. The summed E-state index contributed by atoms with van der Waals surface area (Å²) in [5.41, 5.74) is 0. The van der Waals surface area contributed by atoms with Crippen LogP contribution >= 0.6 is 0 Å². The number of ether oxygens (including phenoxy) is 4. The highest BCUT2D eigenvalue weighted by Crippen LogP contribution is 2.22. The molecule has 1 rings (SSSR count). The number of esters is 2. The normalized spacial score (nSPS) is 22.0. The van der Waals surface area contributed by atoms with Gasteiger partial charge in [0.25, 0.3) is 0 Å². The molecule has 1 aliphatic heterocycles. The number of rotatable bonds is 30. The summed E-state index contributed by atoms with van der Waals surface area (Å²) in [6.07, 6.45) is 19.4. The molecule has 0 aromatic carbocycles. The quantitative estimate of drug-likeness (QED) is 0.0381. The standard InChI is InChI=1S/C37H68O10/c1-3-5-7-9-11-13-15-17-19-21-23-25-32(39)44-28-30(29-45-37-36(43)35(42)34(41)31(27-38)47-37)46-33(40)26-24-22-20-18-16-14-12-10-8-6-4-2/h9,11,30-31,34-38,41-43H,3-8,10,12-29H2,1-2H3/b11-9+/t30-,31-,34+,35?,36?,37-/m1/s1. The second-order valence-electron chi connectivity index (χ2n) is 13.0. The van der Waals surface area contributed by atoms with Gasteiger partial charge in [0.1, 0.15) is 31.0 Å². The first-order chi connectivity index (χ1) is 22.8. The van der Waals surface area contributed by atoms with E-state index in [1.165, 1.54) is 57.8 Å². The summed E-state index contributed by atoms with van der Waals surface area (Å²) >= 11 is 0. The van der Waals surface area contributed by atoms with Gasteiger partial charge in [-0.05, 0) is 32.1 Å². The average Bonchev–Trinajstić information content (AvgIpc) is 3.06. The lowest BCUT2D eigenvalue weighted by molar-refractivity contribution is -0.305. The number of carbonyl (C=O) groups excluding carboxylic acids is 2. The van der Waals surface area contributed by atoms with E-state index >= 15 is 0 Å². The van der Waals surface area contributed by atoms with E-state index in [0.717, 1.165) is 64.2 Å². The lowest BCUT2D eigenvalue weighted by Gasteiger charge is -2.39. The second kappa shape index (κ2) is 29.4. The van der Waals surface area contributed by atoms with Crippen molar-refractivity contribution in [2.24, 2.45) is 0 Å². The molecular weight excluding hydrogens is 604 g/mol. The van der Waals surface area contributed by atoms with Crippen LogP contribution in [-0.2, 0) is 28.5 Å². The van der Waals surface area contributed by atoms with E-state index < -0.39 is 49.4 Å². The maximum Gasteiger partial charge on any atom is 0.306 e. The van der Waals surface area contributed by atoms with Crippen LogP contribution in [-0.4, -0.2) is 89.0 Å². The van der Waals surface area contributed by atoms with Crippen molar-refractivity contribution in [1.29, 1.82) is 0 Å². The Balaban J connectivity index is 2.42. The molecule has 4 N–H and O–H groups in total. The Hall–Kier alpha value is -1.56. The summed E-state index contributed by atoms with van der Waals surface area (Å²) in [4.78, 5) is 25.1. The smallest absolute Gasteiger partial charge is 0.306 e. The number of hydrogen-bond donors (Lipinski definition) is 4. The van der Waals surface area contributed by atoms with E-state index in [0.29, 0.717) is 6.42 Å². The van der Waals surface area contributed by atoms with Crippen molar-refractivity contribution in [3.63, 3.8) is 0 Å². The third-order valence-corrected chi connectivity index (χ3v) is 8.65. The molecule has 0 saturated carbocycles. The van der Waals surface area contributed by atoms with Crippen molar-refractivity contribution in [3.05, 3.63) is 12.2 Å². The van der Waals surface area contributed by atoms with Gasteiger partial charge in [0.15, 0.2) is 12.4 Å². The predicted octanol–water partition coefficient (Wildman–Crippen LogP) is 6.44. The van der Waals surface area contributed by atoms with Gasteiger partial charge in [-0.1, -0.05) is 122 Å². The first-order valence-electron chi connectivity index (χ1n) is 18.8. The van der Waals surface area contributed by atoms with Crippen molar-refractivity contribution in [2.75, 3.05) is 19.8 Å². The molecule has 1 fully saturated rings. The third-order valence-electron chi connectivity index (χ3n) is 8.65. The van der Waals surface area contributed by atoms with Gasteiger partial charge in [0, 0.05) is 12.8 Å². The molecule has 1 aliphatic rings. The fourth-order valence-corrected chi connectivity index (χ4v) is 5.58. The Morgan fingerprint density at radius 2 is 1.15 bits per heavy atom. The van der Waals surface area contributed by atoms with E-state index in [-0.39, 0.29) is 32.0 Å². The Morgan fingerprint density at radius 1 is 0.638 bits per heavy atom. The van der Waals surface area contributed by atoms with E-state index in [2.05, 4.69) is 26.0 Å². The minimum absolute atomic E-state index is 0.218. The van der Waals surface area contributed by atoms with Gasteiger partial charge < -0.3 is 39.4 Å². The van der Waals surface area contributed by atoms with Gasteiger partial charge in [-0.3, -0.25) is 9.59 Å². The minimum Gasteiger partial charge on any atom is -0.462 e. The molecule has 1 heterocycles. The molecule has 10 nitrogen and oxygen atoms in total. The molecule has 0 aliphatic carbocycles. The molecule has 0 aromatic rings. The molecule has 10 heteroatoms. The lowest BCUT2D eigenvalue weighted by Crippen LogP contribution is -2.59. The number of hydrogen-bond acceptors (Lipinski definition) is 10. The van der Waals surface area contributed by atoms with Crippen LogP contribution in [0.5, 0.6) is 0 Å². The van der Waals surface area contributed by atoms with Crippen LogP contribution in [0, 0.1) is 0 Å². The van der Waals surface area contributed by atoms with Gasteiger partial charge in [-0.2, -0.15) is 0 Å². The van der Waals surface area contributed by atoms with Gasteiger partial charge >= 0.3 is 11.9 Å². The zero-order valence-corrected chi connectivity index (χ0v) is 29.5. The van der Waals surface area contributed by atoms with Gasteiger partial charge in [0.05, 0.1) is 13.2 Å². The second-order valence-corrected chi connectivity index (χ2v) is 13.0. The Labute approximate surface area is 284 Å². The molecule has 0 radical (unpaired) electrons. The highest BCUT2D eigenvalue weighted by molar-refractivity contribution is 5.70. The van der Waals surface area contributed by atoms with Gasteiger partial charge in [-0.15, -0.1) is 0 Å². The summed E-state index contributed by atoms with van der Waals surface area (Å²) in [7, 11) is 0. The number of allylic oxidation sites excluding steroid dienone is 2. The van der Waals surface area contributed by atoms with Crippen molar-refractivity contribution >= 4 is 11.9 Å². The molecule has 0 amide bonds. The molecule has 47 heavy (non-hydrogen) atoms. The first kappa shape index (κ1) is 43.5. The molecule has 2 unspecified atom stereocenters. The van der Waals surface area contributed by atoms with Crippen molar-refractivity contribution in [1.82, 2.24) is 0 Å². The lowest BCUT2D eigenvalue weighted by atomic mass is 9.99. The number of carbonyl (C=O) groups is 2. The molecule has 0 aromatic heterocycles. The molecule has 6 atom stereocenters. The van der Waals surface area contributed by atoms with E-state index in [9.17, 15) is 30.0 Å². The average molecular weight is 673 g/mol. The summed E-state index contributed by atoms with van der Waals surface area (Å²) in [6, 6.07) is 0. The molecule has 0 bridgehead atoms. The maximum atomic E-state index is 12.6. The largest absolute Gasteiger partial charge is 0.462 e. The van der Waals surface area contributed by atoms with E-state index in [4.69, 9.17) is 18.9 Å². The van der Waals surface area contributed by atoms with Crippen molar-refractivity contribution in [2.45, 2.75) is 192 Å². The monoisotopic (exact) mass is 672 g/mol.